The van der Waals surface area contributed by atoms with Gasteiger partial charge in [-0.1, -0.05) is 18.2 Å². The van der Waals surface area contributed by atoms with Gasteiger partial charge in [-0.25, -0.2) is 9.18 Å². The normalized spacial score (nSPS) is 10.8. The molecule has 1 N–H and O–H groups in total. The molecule has 0 spiro atoms. The summed E-state index contributed by atoms with van der Waals surface area (Å²) in [6.45, 7) is 2.15. The first-order valence-corrected chi connectivity index (χ1v) is 6.43. The van der Waals surface area contributed by atoms with Crippen molar-refractivity contribution in [2.24, 2.45) is 0 Å². The Morgan fingerprint density at radius 2 is 2.10 bits per heavy atom. The second-order valence-electron chi connectivity index (χ2n) is 4.60. The number of benzene rings is 2. The summed E-state index contributed by atoms with van der Waals surface area (Å²) in [6.07, 6.45) is 2.55. The number of hydrogen-bond donors (Lipinski definition) is 1. The number of hydrogen-bond acceptors (Lipinski definition) is 2. The third-order valence-corrected chi connectivity index (χ3v) is 2.98. The Hall–Kier alpha value is -2.62. The molecule has 3 nitrogen and oxygen atoms in total. The Morgan fingerprint density at radius 3 is 2.86 bits per heavy atom. The number of aryl methyl sites for hydroxylation is 1. The van der Waals surface area contributed by atoms with Crippen LogP contribution in [0.2, 0.25) is 0 Å². The highest BCUT2D eigenvalue weighted by Crippen LogP contribution is 2.18. The van der Waals surface area contributed by atoms with Gasteiger partial charge in [-0.2, -0.15) is 0 Å². The molecule has 0 unspecified atom stereocenters. The van der Waals surface area contributed by atoms with E-state index < -0.39 is 5.97 Å². The van der Waals surface area contributed by atoms with Crippen LogP contribution in [0, 0.1) is 12.7 Å². The maximum atomic E-state index is 13.2. The minimum absolute atomic E-state index is 0.260. The van der Waals surface area contributed by atoms with Crippen molar-refractivity contribution in [3.63, 3.8) is 0 Å². The second-order valence-corrected chi connectivity index (χ2v) is 4.60. The van der Waals surface area contributed by atoms with Crippen LogP contribution in [0.4, 0.5) is 4.39 Å². The Bertz CT molecular complexity index is 677. The zero-order chi connectivity index (χ0) is 15.2. The van der Waals surface area contributed by atoms with Gasteiger partial charge in [0.2, 0.25) is 0 Å². The number of aliphatic carboxylic acids is 1. The third kappa shape index (κ3) is 4.45. The molecule has 0 amide bonds. The van der Waals surface area contributed by atoms with Crippen molar-refractivity contribution >= 4 is 12.0 Å². The first-order valence-electron chi connectivity index (χ1n) is 6.43. The lowest BCUT2D eigenvalue weighted by Gasteiger charge is -2.09. The molecule has 4 heteroatoms. The van der Waals surface area contributed by atoms with Crippen LogP contribution >= 0.6 is 0 Å². The summed E-state index contributed by atoms with van der Waals surface area (Å²) < 4.78 is 18.8. The van der Waals surface area contributed by atoms with Gasteiger partial charge in [0.1, 0.15) is 18.2 Å². The summed E-state index contributed by atoms with van der Waals surface area (Å²) in [5, 5.41) is 8.60. The molecule has 0 bridgehead atoms. The zero-order valence-electron chi connectivity index (χ0n) is 11.5. The summed E-state index contributed by atoms with van der Waals surface area (Å²) in [4.78, 5) is 10.5. The van der Waals surface area contributed by atoms with Crippen molar-refractivity contribution in [2.45, 2.75) is 13.5 Å². The molecule has 108 valence electrons. The molecule has 0 radical (unpaired) electrons. The van der Waals surface area contributed by atoms with Crippen LogP contribution in [0.1, 0.15) is 16.7 Å². The third-order valence-electron chi connectivity index (χ3n) is 2.98. The maximum absolute atomic E-state index is 13.2. The summed E-state index contributed by atoms with van der Waals surface area (Å²) in [7, 11) is 0. The molecule has 0 atom stereocenters. The first kappa shape index (κ1) is 14.8. The van der Waals surface area contributed by atoms with Gasteiger partial charge in [0, 0.05) is 6.08 Å². The van der Waals surface area contributed by atoms with Gasteiger partial charge in [-0.3, -0.25) is 0 Å². The van der Waals surface area contributed by atoms with Gasteiger partial charge in [-0.15, -0.1) is 0 Å². The fourth-order valence-corrected chi connectivity index (χ4v) is 1.83. The lowest BCUT2D eigenvalue weighted by molar-refractivity contribution is -0.131. The van der Waals surface area contributed by atoms with Crippen molar-refractivity contribution in [3.8, 4) is 5.75 Å². The van der Waals surface area contributed by atoms with E-state index in [-0.39, 0.29) is 12.4 Å². The lowest BCUT2D eigenvalue weighted by Crippen LogP contribution is -1.98. The van der Waals surface area contributed by atoms with Gasteiger partial charge < -0.3 is 9.84 Å². The summed E-state index contributed by atoms with van der Waals surface area (Å²) in [5.41, 5.74) is 2.46. The van der Waals surface area contributed by atoms with E-state index in [0.717, 1.165) is 22.8 Å². The van der Waals surface area contributed by atoms with E-state index in [1.165, 1.54) is 18.2 Å². The first-order chi connectivity index (χ1) is 10.0. The molecule has 0 aromatic heterocycles. The minimum Gasteiger partial charge on any atom is -0.489 e. The van der Waals surface area contributed by atoms with Gasteiger partial charge >= 0.3 is 5.97 Å². The average molecular weight is 286 g/mol. The lowest BCUT2D eigenvalue weighted by atomic mass is 10.1. The molecule has 0 aliphatic heterocycles. The number of rotatable bonds is 5. The number of carboxylic acids is 1. The largest absolute Gasteiger partial charge is 0.489 e. The van der Waals surface area contributed by atoms with E-state index in [2.05, 4.69) is 0 Å². The van der Waals surface area contributed by atoms with Gasteiger partial charge in [0.25, 0.3) is 0 Å². The highest BCUT2D eigenvalue weighted by Gasteiger charge is 2.02. The predicted octanol–water partition coefficient (Wildman–Crippen LogP) is 3.81. The quantitative estimate of drug-likeness (QED) is 0.850. The SMILES string of the molecule is Cc1ccc(F)cc1COc1cccc(/C=C/C(=O)O)c1. The van der Waals surface area contributed by atoms with Gasteiger partial charge in [0.05, 0.1) is 0 Å². The highest BCUT2D eigenvalue weighted by molar-refractivity contribution is 5.85. The molecule has 0 aliphatic carbocycles. The number of carbonyl (C=O) groups is 1. The monoisotopic (exact) mass is 286 g/mol. The van der Waals surface area contributed by atoms with Crippen LogP contribution in [-0.2, 0) is 11.4 Å². The van der Waals surface area contributed by atoms with E-state index in [9.17, 15) is 9.18 Å². The molecule has 2 aromatic rings. The second kappa shape index (κ2) is 6.70. The smallest absolute Gasteiger partial charge is 0.328 e. The standard InChI is InChI=1S/C17H15FO3/c1-12-5-7-15(18)10-14(12)11-21-16-4-2-3-13(9-16)6-8-17(19)20/h2-10H,11H2,1H3,(H,19,20)/b8-6+. The van der Waals surface area contributed by atoms with Crippen LogP contribution in [0.5, 0.6) is 5.75 Å². The van der Waals surface area contributed by atoms with Crippen LogP contribution in [0.15, 0.2) is 48.5 Å². The van der Waals surface area contributed by atoms with Crippen molar-refractivity contribution in [2.75, 3.05) is 0 Å². The average Bonchev–Trinajstić information content (AvgIpc) is 2.46. The van der Waals surface area contributed by atoms with E-state index >= 15 is 0 Å². The van der Waals surface area contributed by atoms with Crippen molar-refractivity contribution in [3.05, 3.63) is 71.0 Å². The molecule has 0 heterocycles. The van der Waals surface area contributed by atoms with Gasteiger partial charge in [0.15, 0.2) is 0 Å². The molecule has 0 saturated heterocycles. The Balaban J connectivity index is 2.08. The highest BCUT2D eigenvalue weighted by atomic mass is 19.1. The van der Waals surface area contributed by atoms with Crippen molar-refractivity contribution in [1.29, 1.82) is 0 Å². The predicted molar refractivity (Wildman–Crippen MR) is 78.6 cm³/mol. The van der Waals surface area contributed by atoms with Crippen LogP contribution in [-0.4, -0.2) is 11.1 Å². The van der Waals surface area contributed by atoms with E-state index in [1.54, 1.807) is 30.3 Å². The van der Waals surface area contributed by atoms with Gasteiger partial charge in [-0.05, 0) is 54.0 Å². The zero-order valence-corrected chi connectivity index (χ0v) is 11.5. The number of carboxylic acid groups (broad SMARTS) is 1. The van der Waals surface area contributed by atoms with Crippen LogP contribution in [0.25, 0.3) is 6.08 Å². The molecule has 0 aliphatic rings. The number of halogens is 1. The fourth-order valence-electron chi connectivity index (χ4n) is 1.83. The minimum atomic E-state index is -1.00. The maximum Gasteiger partial charge on any atom is 0.328 e. The van der Waals surface area contributed by atoms with E-state index in [1.807, 2.05) is 6.92 Å². The summed E-state index contributed by atoms with van der Waals surface area (Å²) >= 11 is 0. The van der Waals surface area contributed by atoms with Crippen LogP contribution in [0.3, 0.4) is 0 Å². The van der Waals surface area contributed by atoms with E-state index in [0.29, 0.717) is 5.75 Å². The molecule has 21 heavy (non-hydrogen) atoms. The topological polar surface area (TPSA) is 46.5 Å². The Labute approximate surface area is 122 Å². The molecule has 2 aromatic carbocycles. The summed E-state index contributed by atoms with van der Waals surface area (Å²) in [6, 6.07) is 11.6. The van der Waals surface area contributed by atoms with Crippen LogP contribution < -0.4 is 4.74 Å². The fraction of sp³-hybridized carbons (Fsp3) is 0.118. The van der Waals surface area contributed by atoms with E-state index in [4.69, 9.17) is 9.84 Å². The molecular weight excluding hydrogens is 271 g/mol. The molecule has 0 saturated carbocycles. The number of ether oxygens (including phenoxy) is 1. The molecule has 2 rings (SSSR count). The van der Waals surface area contributed by atoms with Crippen molar-refractivity contribution < 1.29 is 19.0 Å². The van der Waals surface area contributed by atoms with Crippen molar-refractivity contribution in [1.82, 2.24) is 0 Å². The summed E-state index contributed by atoms with van der Waals surface area (Å²) in [5.74, 6) is -0.694. The molecular formula is C17H15FO3. The Kier molecular flexibility index (Phi) is 4.72. The Morgan fingerprint density at radius 1 is 1.29 bits per heavy atom. The molecule has 0 fully saturated rings.